The number of carbonyl (C=O) groups excluding carboxylic acids is 1. The van der Waals surface area contributed by atoms with Gasteiger partial charge in [-0.1, -0.05) is 62.4 Å². The Kier molecular flexibility index (Phi) is 6.87. The summed E-state index contributed by atoms with van der Waals surface area (Å²) < 4.78 is 10.4. The van der Waals surface area contributed by atoms with Crippen LogP contribution in [0, 0.1) is 11.8 Å². The van der Waals surface area contributed by atoms with Crippen LogP contribution < -0.4 is 0 Å². The highest BCUT2D eigenvalue weighted by Crippen LogP contribution is 2.31. The number of carbonyl (C=O) groups is 1. The van der Waals surface area contributed by atoms with Gasteiger partial charge in [-0.2, -0.15) is 0 Å². The molecule has 1 aliphatic rings. The van der Waals surface area contributed by atoms with Crippen molar-refractivity contribution in [2.75, 3.05) is 7.11 Å². The SMILES string of the molecule is COC(O)C(CC1CCCCC1)C(=O)OCc1ccccc1. The maximum absolute atomic E-state index is 12.3. The fourth-order valence-corrected chi connectivity index (χ4v) is 3.11. The Hall–Kier alpha value is -1.39. The molecule has 4 nitrogen and oxygen atoms in total. The first-order chi connectivity index (χ1) is 10.7. The van der Waals surface area contributed by atoms with Gasteiger partial charge in [-0.3, -0.25) is 4.79 Å². The molecule has 1 fully saturated rings. The number of esters is 1. The van der Waals surface area contributed by atoms with Gasteiger partial charge in [0, 0.05) is 7.11 Å². The molecule has 22 heavy (non-hydrogen) atoms. The number of hydrogen-bond acceptors (Lipinski definition) is 4. The third-order valence-corrected chi connectivity index (χ3v) is 4.42. The van der Waals surface area contributed by atoms with Gasteiger partial charge < -0.3 is 14.6 Å². The second-order valence-electron chi connectivity index (χ2n) is 6.07. The second-order valence-corrected chi connectivity index (χ2v) is 6.07. The van der Waals surface area contributed by atoms with Gasteiger partial charge in [0.05, 0.1) is 0 Å². The lowest BCUT2D eigenvalue weighted by molar-refractivity contribution is -0.173. The Morgan fingerprint density at radius 2 is 1.91 bits per heavy atom. The molecule has 1 aliphatic carbocycles. The van der Waals surface area contributed by atoms with Gasteiger partial charge in [0.2, 0.25) is 0 Å². The van der Waals surface area contributed by atoms with Crippen LogP contribution in [0.5, 0.6) is 0 Å². The molecule has 1 N–H and O–H groups in total. The van der Waals surface area contributed by atoms with E-state index in [4.69, 9.17) is 9.47 Å². The van der Waals surface area contributed by atoms with E-state index in [2.05, 4.69) is 0 Å². The van der Waals surface area contributed by atoms with Crippen LogP contribution >= 0.6 is 0 Å². The number of hydrogen-bond donors (Lipinski definition) is 1. The van der Waals surface area contributed by atoms with E-state index >= 15 is 0 Å². The van der Waals surface area contributed by atoms with Crippen LogP contribution in [0.2, 0.25) is 0 Å². The highest BCUT2D eigenvalue weighted by molar-refractivity contribution is 5.72. The van der Waals surface area contributed by atoms with Gasteiger partial charge in [-0.25, -0.2) is 0 Å². The summed E-state index contributed by atoms with van der Waals surface area (Å²) in [7, 11) is 1.42. The van der Waals surface area contributed by atoms with E-state index in [9.17, 15) is 9.90 Å². The van der Waals surface area contributed by atoms with Gasteiger partial charge in [-0.05, 0) is 17.9 Å². The number of ether oxygens (including phenoxy) is 2. The van der Waals surface area contributed by atoms with Crippen LogP contribution in [0.1, 0.15) is 44.1 Å². The Labute approximate surface area is 132 Å². The lowest BCUT2D eigenvalue weighted by Gasteiger charge is -2.27. The average Bonchev–Trinajstić information content (AvgIpc) is 2.58. The van der Waals surface area contributed by atoms with Crippen molar-refractivity contribution in [1.29, 1.82) is 0 Å². The molecule has 1 aromatic carbocycles. The lowest BCUT2D eigenvalue weighted by Crippen LogP contribution is -2.33. The van der Waals surface area contributed by atoms with Crippen LogP contribution in [-0.4, -0.2) is 24.5 Å². The van der Waals surface area contributed by atoms with Crippen LogP contribution in [-0.2, 0) is 20.9 Å². The van der Waals surface area contributed by atoms with Gasteiger partial charge in [0.15, 0.2) is 6.29 Å². The highest BCUT2D eigenvalue weighted by atomic mass is 16.6. The van der Waals surface area contributed by atoms with Crippen molar-refractivity contribution in [2.45, 2.75) is 51.4 Å². The summed E-state index contributed by atoms with van der Waals surface area (Å²) in [5, 5.41) is 9.99. The van der Waals surface area contributed by atoms with E-state index in [1.807, 2.05) is 30.3 Å². The molecule has 0 bridgehead atoms. The third-order valence-electron chi connectivity index (χ3n) is 4.42. The molecule has 2 atom stereocenters. The van der Waals surface area contributed by atoms with Crippen molar-refractivity contribution >= 4 is 5.97 Å². The Morgan fingerprint density at radius 3 is 2.55 bits per heavy atom. The van der Waals surface area contributed by atoms with E-state index in [0.29, 0.717) is 12.3 Å². The third kappa shape index (κ3) is 5.11. The van der Waals surface area contributed by atoms with Crippen molar-refractivity contribution in [1.82, 2.24) is 0 Å². The maximum atomic E-state index is 12.3. The van der Waals surface area contributed by atoms with Crippen LogP contribution in [0.15, 0.2) is 30.3 Å². The minimum atomic E-state index is -1.09. The quantitative estimate of drug-likeness (QED) is 0.620. The van der Waals surface area contributed by atoms with E-state index in [0.717, 1.165) is 18.4 Å². The van der Waals surface area contributed by atoms with Gasteiger partial charge in [0.25, 0.3) is 0 Å². The molecule has 1 aromatic rings. The smallest absolute Gasteiger partial charge is 0.314 e. The molecule has 4 heteroatoms. The number of aliphatic hydroxyl groups is 1. The molecule has 0 heterocycles. The molecule has 122 valence electrons. The summed E-state index contributed by atoms with van der Waals surface area (Å²) in [6, 6.07) is 9.57. The van der Waals surface area contributed by atoms with Crippen LogP contribution in [0.3, 0.4) is 0 Å². The summed E-state index contributed by atoms with van der Waals surface area (Å²) >= 11 is 0. The highest BCUT2D eigenvalue weighted by Gasteiger charge is 2.31. The summed E-state index contributed by atoms with van der Waals surface area (Å²) in [5.41, 5.74) is 0.944. The monoisotopic (exact) mass is 306 g/mol. The molecule has 0 aliphatic heterocycles. The molecule has 2 unspecified atom stereocenters. The Bertz CT molecular complexity index is 440. The van der Waals surface area contributed by atoms with E-state index in [1.54, 1.807) is 0 Å². The molecule has 0 saturated heterocycles. The molecule has 0 spiro atoms. The van der Waals surface area contributed by atoms with E-state index < -0.39 is 12.2 Å². The zero-order valence-corrected chi connectivity index (χ0v) is 13.2. The summed E-state index contributed by atoms with van der Waals surface area (Å²) in [6.45, 7) is 0.233. The van der Waals surface area contributed by atoms with E-state index in [1.165, 1.54) is 26.4 Å². The topological polar surface area (TPSA) is 55.8 Å². The maximum Gasteiger partial charge on any atom is 0.314 e. The molecule has 0 amide bonds. The predicted octanol–water partition coefficient (Wildman–Crippen LogP) is 3.28. The van der Waals surface area contributed by atoms with Crippen LogP contribution in [0.25, 0.3) is 0 Å². The number of benzene rings is 1. The van der Waals surface area contributed by atoms with Crippen LogP contribution in [0.4, 0.5) is 0 Å². The summed E-state index contributed by atoms with van der Waals surface area (Å²) in [5.74, 6) is -0.492. The molecule has 1 saturated carbocycles. The second kappa shape index (κ2) is 8.91. The van der Waals surface area contributed by atoms with Crippen molar-refractivity contribution in [3.8, 4) is 0 Å². The minimum absolute atomic E-state index is 0.233. The predicted molar refractivity (Wildman–Crippen MR) is 83.9 cm³/mol. The number of aliphatic hydroxyl groups excluding tert-OH is 1. The van der Waals surface area contributed by atoms with Crippen molar-refractivity contribution in [2.24, 2.45) is 11.8 Å². The fraction of sp³-hybridized carbons (Fsp3) is 0.611. The average molecular weight is 306 g/mol. The summed E-state index contributed by atoms with van der Waals surface area (Å²) in [6.07, 6.45) is 5.48. The normalized spacial score (nSPS) is 18.6. The van der Waals surface area contributed by atoms with Crippen molar-refractivity contribution < 1.29 is 19.4 Å². The molecule has 0 radical (unpaired) electrons. The Morgan fingerprint density at radius 1 is 1.23 bits per heavy atom. The van der Waals surface area contributed by atoms with Crippen molar-refractivity contribution in [3.05, 3.63) is 35.9 Å². The van der Waals surface area contributed by atoms with Gasteiger partial charge in [0.1, 0.15) is 12.5 Å². The number of methoxy groups -OCH3 is 1. The lowest BCUT2D eigenvalue weighted by atomic mass is 9.82. The molecular formula is C18H26O4. The molecular weight excluding hydrogens is 280 g/mol. The fourth-order valence-electron chi connectivity index (χ4n) is 3.11. The molecule has 2 rings (SSSR count). The summed E-state index contributed by atoms with van der Waals surface area (Å²) in [4.78, 5) is 12.3. The first-order valence-electron chi connectivity index (χ1n) is 8.12. The zero-order chi connectivity index (χ0) is 15.8. The largest absolute Gasteiger partial charge is 0.460 e. The Balaban J connectivity index is 1.90. The van der Waals surface area contributed by atoms with E-state index in [-0.39, 0.29) is 12.6 Å². The van der Waals surface area contributed by atoms with Gasteiger partial charge >= 0.3 is 5.97 Å². The standard InChI is InChI=1S/C18H26O4/c1-21-17(19)16(12-14-8-4-2-5-9-14)18(20)22-13-15-10-6-3-7-11-15/h3,6-7,10-11,14,16-17,19H,2,4-5,8-9,12-13H2,1H3. The first-order valence-corrected chi connectivity index (χ1v) is 8.12. The van der Waals surface area contributed by atoms with Crippen molar-refractivity contribution in [3.63, 3.8) is 0 Å². The first kappa shape index (κ1) is 17.0. The molecule has 0 aromatic heterocycles. The zero-order valence-electron chi connectivity index (χ0n) is 13.2. The minimum Gasteiger partial charge on any atom is -0.460 e. The number of rotatable bonds is 7. The van der Waals surface area contributed by atoms with Gasteiger partial charge in [-0.15, -0.1) is 0 Å².